The Morgan fingerprint density at radius 3 is 2.00 bits per heavy atom. The molecule has 1 aliphatic heterocycles. The van der Waals surface area contributed by atoms with E-state index in [-0.39, 0.29) is 5.91 Å². The van der Waals surface area contributed by atoms with E-state index in [0.29, 0.717) is 13.0 Å². The molecule has 0 aliphatic carbocycles. The molecule has 1 saturated heterocycles. The zero-order chi connectivity index (χ0) is 12.3. The van der Waals surface area contributed by atoms with Crippen LogP contribution in [-0.2, 0) is 9.63 Å². The molecule has 0 aromatic rings. The van der Waals surface area contributed by atoms with Gasteiger partial charge in [-0.3, -0.25) is 9.63 Å². The Kier molecular flexibility index (Phi) is 8.06. The third-order valence-corrected chi connectivity index (χ3v) is 3.31. The summed E-state index contributed by atoms with van der Waals surface area (Å²) >= 11 is 0. The van der Waals surface area contributed by atoms with Crippen molar-refractivity contribution in [1.29, 1.82) is 0 Å². The van der Waals surface area contributed by atoms with Crippen molar-refractivity contribution in [3.05, 3.63) is 0 Å². The molecule has 0 N–H and O–H groups in total. The van der Waals surface area contributed by atoms with Crippen molar-refractivity contribution in [1.82, 2.24) is 5.06 Å². The summed E-state index contributed by atoms with van der Waals surface area (Å²) in [7, 11) is 0. The van der Waals surface area contributed by atoms with Gasteiger partial charge < -0.3 is 0 Å². The maximum Gasteiger partial charge on any atom is 0.246 e. The normalized spacial score (nSPS) is 14.8. The molecular weight excluding hydrogens is 214 g/mol. The maximum absolute atomic E-state index is 11.4. The van der Waals surface area contributed by atoms with Crippen LogP contribution in [0.3, 0.4) is 0 Å². The molecule has 1 amide bonds. The van der Waals surface area contributed by atoms with Gasteiger partial charge in [-0.15, -0.1) is 0 Å². The fourth-order valence-electron chi connectivity index (χ4n) is 2.09. The molecule has 0 saturated carbocycles. The molecule has 100 valence electrons. The van der Waals surface area contributed by atoms with Crippen LogP contribution in [0.4, 0.5) is 0 Å². The number of hydroxylamine groups is 2. The Balaban J connectivity index is 1.76. The van der Waals surface area contributed by atoms with Crippen LogP contribution < -0.4 is 0 Å². The number of hydrogen-bond donors (Lipinski definition) is 0. The second-order valence-corrected chi connectivity index (χ2v) is 4.91. The molecule has 1 fully saturated rings. The summed E-state index contributed by atoms with van der Waals surface area (Å²) < 4.78 is 0. The van der Waals surface area contributed by atoms with E-state index >= 15 is 0 Å². The average Bonchev–Trinajstić information content (AvgIpc) is 2.24. The highest BCUT2D eigenvalue weighted by Gasteiger charge is 2.20. The number of carbonyl (C=O) groups excluding carboxylic acids is 1. The molecular formula is C14H27NO2. The Hall–Kier alpha value is -0.570. The van der Waals surface area contributed by atoms with E-state index in [9.17, 15) is 4.79 Å². The molecule has 0 aromatic carbocycles. The van der Waals surface area contributed by atoms with Crippen molar-refractivity contribution >= 4 is 5.91 Å². The van der Waals surface area contributed by atoms with Crippen molar-refractivity contribution in [3.8, 4) is 0 Å². The summed E-state index contributed by atoms with van der Waals surface area (Å²) in [6.45, 7) is 3.75. The first-order valence-corrected chi connectivity index (χ1v) is 7.28. The van der Waals surface area contributed by atoms with Crippen LogP contribution in [0.25, 0.3) is 0 Å². The lowest BCUT2D eigenvalue weighted by Crippen LogP contribution is -2.43. The highest BCUT2D eigenvalue weighted by atomic mass is 16.7. The van der Waals surface area contributed by atoms with E-state index in [1.807, 2.05) is 0 Å². The van der Waals surface area contributed by atoms with Gasteiger partial charge in [0.25, 0.3) is 0 Å². The highest BCUT2D eigenvalue weighted by molar-refractivity contribution is 5.75. The fourth-order valence-corrected chi connectivity index (χ4v) is 2.09. The molecule has 0 spiro atoms. The van der Waals surface area contributed by atoms with Crippen LogP contribution in [0.5, 0.6) is 0 Å². The minimum Gasteiger partial charge on any atom is -0.273 e. The van der Waals surface area contributed by atoms with Gasteiger partial charge in [0, 0.05) is 6.42 Å². The third-order valence-electron chi connectivity index (χ3n) is 3.31. The average molecular weight is 241 g/mol. The molecule has 1 aliphatic rings. The van der Waals surface area contributed by atoms with Gasteiger partial charge in [-0.1, -0.05) is 58.3 Å². The number of amides is 1. The second kappa shape index (κ2) is 9.46. The lowest BCUT2D eigenvalue weighted by atomic mass is 10.1. The molecule has 1 rings (SSSR count). The summed E-state index contributed by atoms with van der Waals surface area (Å²) in [4.78, 5) is 16.4. The van der Waals surface area contributed by atoms with Crippen LogP contribution >= 0.6 is 0 Å². The fraction of sp³-hybridized carbons (Fsp3) is 0.929. The lowest BCUT2D eigenvalue weighted by molar-refractivity contribution is -0.239. The summed E-state index contributed by atoms with van der Waals surface area (Å²) in [6, 6.07) is 0. The minimum absolute atomic E-state index is 0.166. The predicted molar refractivity (Wildman–Crippen MR) is 69.5 cm³/mol. The van der Waals surface area contributed by atoms with Crippen LogP contribution in [0.15, 0.2) is 0 Å². The Labute approximate surface area is 105 Å². The van der Waals surface area contributed by atoms with Crippen LogP contribution in [0.1, 0.15) is 71.1 Å². The lowest BCUT2D eigenvalue weighted by Gasteiger charge is -2.29. The Bertz CT molecular complexity index is 202. The van der Waals surface area contributed by atoms with E-state index in [2.05, 4.69) is 6.92 Å². The number of nitrogens with zero attached hydrogens (tertiary/aromatic N) is 1. The third kappa shape index (κ3) is 6.67. The summed E-state index contributed by atoms with van der Waals surface area (Å²) in [6.07, 6.45) is 12.3. The van der Waals surface area contributed by atoms with Gasteiger partial charge in [0.05, 0.1) is 13.2 Å². The monoisotopic (exact) mass is 241 g/mol. The van der Waals surface area contributed by atoms with Gasteiger partial charge in [-0.05, 0) is 6.42 Å². The van der Waals surface area contributed by atoms with E-state index in [1.165, 1.54) is 56.4 Å². The van der Waals surface area contributed by atoms with Gasteiger partial charge in [-0.25, -0.2) is 5.06 Å². The van der Waals surface area contributed by atoms with Gasteiger partial charge in [-0.2, -0.15) is 0 Å². The molecule has 17 heavy (non-hydrogen) atoms. The molecule has 0 atom stereocenters. The summed E-state index contributed by atoms with van der Waals surface area (Å²) in [5, 5.41) is 1.49. The zero-order valence-electron chi connectivity index (χ0n) is 11.2. The number of rotatable bonds is 10. The van der Waals surface area contributed by atoms with Crippen molar-refractivity contribution in [2.45, 2.75) is 71.1 Å². The van der Waals surface area contributed by atoms with Crippen molar-refractivity contribution in [3.63, 3.8) is 0 Å². The van der Waals surface area contributed by atoms with Gasteiger partial charge >= 0.3 is 0 Å². The van der Waals surface area contributed by atoms with E-state index in [1.54, 1.807) is 0 Å². The molecule has 0 bridgehead atoms. The number of unbranched alkanes of at least 4 members (excludes halogenated alkanes) is 8. The first kappa shape index (κ1) is 14.5. The standard InChI is InChI=1S/C14H27NO2/c1-2-3-4-5-6-7-8-9-10-11-14(16)15-12-13-17-15/h2-13H2,1H3. The first-order valence-electron chi connectivity index (χ1n) is 7.28. The summed E-state index contributed by atoms with van der Waals surface area (Å²) in [5.41, 5.74) is 0. The maximum atomic E-state index is 11.4. The molecule has 3 heteroatoms. The molecule has 1 heterocycles. The quantitative estimate of drug-likeness (QED) is 0.546. The molecule has 0 radical (unpaired) electrons. The van der Waals surface area contributed by atoms with Gasteiger partial charge in [0.1, 0.15) is 0 Å². The van der Waals surface area contributed by atoms with Crippen LogP contribution in [-0.4, -0.2) is 24.1 Å². The molecule has 3 nitrogen and oxygen atoms in total. The first-order chi connectivity index (χ1) is 8.34. The molecule has 0 aromatic heterocycles. The molecule has 0 unspecified atom stereocenters. The van der Waals surface area contributed by atoms with Gasteiger partial charge in [0.2, 0.25) is 5.91 Å². The summed E-state index contributed by atoms with van der Waals surface area (Å²) in [5.74, 6) is 0.166. The smallest absolute Gasteiger partial charge is 0.246 e. The number of hydrogen-bond acceptors (Lipinski definition) is 2. The van der Waals surface area contributed by atoms with Crippen molar-refractivity contribution in [2.75, 3.05) is 13.2 Å². The van der Waals surface area contributed by atoms with E-state index < -0.39 is 0 Å². The Morgan fingerprint density at radius 2 is 1.53 bits per heavy atom. The number of carbonyl (C=O) groups is 1. The van der Waals surface area contributed by atoms with Gasteiger partial charge in [0.15, 0.2) is 0 Å². The van der Waals surface area contributed by atoms with E-state index in [0.717, 1.165) is 13.0 Å². The highest BCUT2D eigenvalue weighted by Crippen LogP contribution is 2.12. The predicted octanol–water partition coefficient (Wildman–Crippen LogP) is 3.68. The van der Waals surface area contributed by atoms with Crippen molar-refractivity contribution in [2.24, 2.45) is 0 Å². The van der Waals surface area contributed by atoms with Crippen LogP contribution in [0, 0.1) is 0 Å². The topological polar surface area (TPSA) is 29.5 Å². The minimum atomic E-state index is 0.166. The largest absolute Gasteiger partial charge is 0.273 e. The van der Waals surface area contributed by atoms with E-state index in [4.69, 9.17) is 4.84 Å². The van der Waals surface area contributed by atoms with Crippen LogP contribution in [0.2, 0.25) is 0 Å². The second-order valence-electron chi connectivity index (χ2n) is 4.91. The Morgan fingerprint density at radius 1 is 1.00 bits per heavy atom. The zero-order valence-corrected chi connectivity index (χ0v) is 11.2. The SMILES string of the molecule is CCCCCCCCCCCC(=O)N1CCO1. The van der Waals surface area contributed by atoms with Crippen molar-refractivity contribution < 1.29 is 9.63 Å².